The number of aromatic nitrogens is 3. The standard InChI is InChI=1S/C21H19N7O2S/c1-10(2)11-4-6-12(7-5-11)15-13(8-22)19(24)26-21-16(15)17(23)18(31-21)20(29)25-14-9-28(3)27-30-14/h4-7,9-10H,1-3H3,(H4-,23,24,25,26,27,29)/p+1. The van der Waals surface area contributed by atoms with Gasteiger partial charge in [0.25, 0.3) is 12.1 Å². The number of nitrogens with zero attached hydrogens (tertiary/aromatic N) is 4. The van der Waals surface area contributed by atoms with Gasteiger partial charge in [-0.1, -0.05) is 42.8 Å². The van der Waals surface area contributed by atoms with E-state index in [1.807, 2.05) is 24.3 Å². The number of thiophene rings is 1. The van der Waals surface area contributed by atoms with Crippen LogP contribution in [0.5, 0.6) is 0 Å². The van der Waals surface area contributed by atoms with Crippen molar-refractivity contribution < 1.29 is 14.0 Å². The molecule has 3 aromatic heterocycles. The summed E-state index contributed by atoms with van der Waals surface area (Å²) in [5.74, 6) is 0.175. The van der Waals surface area contributed by atoms with Crippen LogP contribution in [0.1, 0.15) is 40.6 Å². The molecule has 0 saturated heterocycles. The molecule has 0 radical (unpaired) electrons. The van der Waals surface area contributed by atoms with Crippen LogP contribution < -0.4 is 21.5 Å². The van der Waals surface area contributed by atoms with Crippen LogP contribution in [0, 0.1) is 11.3 Å². The van der Waals surface area contributed by atoms with E-state index in [0.29, 0.717) is 21.7 Å². The average molecular weight is 435 g/mol. The first kappa shape index (κ1) is 20.3. The van der Waals surface area contributed by atoms with Crippen molar-refractivity contribution in [1.29, 1.82) is 5.26 Å². The predicted octanol–water partition coefficient (Wildman–Crippen LogP) is 3.19. The molecule has 0 aliphatic carbocycles. The lowest BCUT2D eigenvalue weighted by Crippen LogP contribution is -2.28. The van der Waals surface area contributed by atoms with E-state index >= 15 is 0 Å². The maximum atomic E-state index is 12.8. The first-order chi connectivity index (χ1) is 14.8. The predicted molar refractivity (Wildman–Crippen MR) is 118 cm³/mol. The molecule has 156 valence electrons. The van der Waals surface area contributed by atoms with Gasteiger partial charge in [-0.3, -0.25) is 14.6 Å². The minimum absolute atomic E-state index is 0.0911. The van der Waals surface area contributed by atoms with Gasteiger partial charge in [0.1, 0.15) is 27.2 Å². The number of hydrogen-bond donors (Lipinski definition) is 3. The molecule has 0 atom stereocenters. The number of nitrogens with two attached hydrogens (primary N) is 2. The second kappa shape index (κ2) is 7.70. The molecule has 3 heterocycles. The largest absolute Gasteiger partial charge is 0.397 e. The number of nitrogen functional groups attached to an aromatic ring is 2. The van der Waals surface area contributed by atoms with Crippen LogP contribution in [-0.4, -0.2) is 16.2 Å². The van der Waals surface area contributed by atoms with E-state index in [-0.39, 0.29) is 27.8 Å². The van der Waals surface area contributed by atoms with Crippen molar-refractivity contribution >= 4 is 44.9 Å². The molecule has 31 heavy (non-hydrogen) atoms. The Kier molecular flexibility index (Phi) is 5.04. The van der Waals surface area contributed by atoms with Crippen molar-refractivity contribution in [3.8, 4) is 17.2 Å². The number of carbonyl (C=O) groups is 1. The van der Waals surface area contributed by atoms with E-state index in [9.17, 15) is 10.1 Å². The zero-order chi connectivity index (χ0) is 22.3. The summed E-state index contributed by atoms with van der Waals surface area (Å²) >= 11 is 1.10. The van der Waals surface area contributed by atoms with E-state index in [2.05, 4.69) is 35.5 Å². The van der Waals surface area contributed by atoms with Gasteiger partial charge < -0.3 is 11.5 Å². The molecule has 0 saturated carbocycles. The fraction of sp³-hybridized carbons (Fsp3) is 0.190. The number of pyridine rings is 1. The molecule has 1 aromatic carbocycles. The third kappa shape index (κ3) is 3.55. The van der Waals surface area contributed by atoms with Crippen molar-refractivity contribution in [3.05, 3.63) is 46.5 Å². The summed E-state index contributed by atoms with van der Waals surface area (Å²) in [7, 11) is 1.67. The normalized spacial score (nSPS) is 11.1. The fourth-order valence-corrected chi connectivity index (χ4v) is 4.33. The number of anilines is 3. The number of nitriles is 1. The lowest BCUT2D eigenvalue weighted by Gasteiger charge is -2.11. The van der Waals surface area contributed by atoms with Crippen molar-refractivity contribution in [2.75, 3.05) is 16.8 Å². The Balaban J connectivity index is 1.88. The Bertz CT molecular complexity index is 1350. The summed E-state index contributed by atoms with van der Waals surface area (Å²) in [6, 6.07) is 10.00. The molecule has 0 unspecified atom stereocenters. The maximum absolute atomic E-state index is 12.8. The minimum atomic E-state index is -0.463. The lowest BCUT2D eigenvalue weighted by molar-refractivity contribution is -0.739. The number of rotatable bonds is 4. The van der Waals surface area contributed by atoms with E-state index in [0.717, 1.165) is 16.9 Å². The van der Waals surface area contributed by atoms with Crippen LogP contribution in [0.4, 0.5) is 17.4 Å². The molecule has 9 nitrogen and oxygen atoms in total. The molecular formula is C21H20N7O2S+. The zero-order valence-corrected chi connectivity index (χ0v) is 17.9. The highest BCUT2D eigenvalue weighted by atomic mass is 32.1. The molecule has 0 spiro atoms. The van der Waals surface area contributed by atoms with Gasteiger partial charge in [0.2, 0.25) is 0 Å². The van der Waals surface area contributed by atoms with Gasteiger partial charge in [-0.05, 0) is 17.0 Å². The second-order valence-corrected chi connectivity index (χ2v) is 8.35. The molecule has 10 heteroatoms. The Morgan fingerprint density at radius 3 is 2.58 bits per heavy atom. The number of aryl methyl sites for hydroxylation is 1. The highest BCUT2D eigenvalue weighted by Gasteiger charge is 2.25. The van der Waals surface area contributed by atoms with Crippen LogP contribution in [-0.2, 0) is 7.05 Å². The van der Waals surface area contributed by atoms with Crippen molar-refractivity contribution in [2.45, 2.75) is 19.8 Å². The summed E-state index contributed by atoms with van der Waals surface area (Å²) in [6.45, 7) is 4.21. The third-order valence-electron chi connectivity index (χ3n) is 4.90. The number of carbonyl (C=O) groups excluding carboxylic acids is 1. The van der Waals surface area contributed by atoms with Crippen LogP contribution in [0.3, 0.4) is 0 Å². The first-order valence-corrected chi connectivity index (χ1v) is 10.3. The number of nitrogens with one attached hydrogen (secondary N) is 1. The van der Waals surface area contributed by atoms with E-state index < -0.39 is 5.91 Å². The van der Waals surface area contributed by atoms with E-state index in [1.54, 1.807) is 7.05 Å². The van der Waals surface area contributed by atoms with Gasteiger partial charge in [-0.2, -0.15) is 5.26 Å². The summed E-state index contributed by atoms with van der Waals surface area (Å²) < 4.78 is 6.44. The third-order valence-corrected chi connectivity index (χ3v) is 6.00. The van der Waals surface area contributed by atoms with Crippen LogP contribution in [0.15, 0.2) is 35.0 Å². The average Bonchev–Trinajstić information content (AvgIpc) is 3.29. The summed E-state index contributed by atoms with van der Waals surface area (Å²) in [5, 5.41) is 16.6. The lowest BCUT2D eigenvalue weighted by atomic mass is 9.94. The summed E-state index contributed by atoms with van der Waals surface area (Å²) in [5.41, 5.74) is 15.4. The molecule has 0 aliphatic rings. The highest BCUT2D eigenvalue weighted by Crippen LogP contribution is 2.42. The number of hydrogen-bond acceptors (Lipinski definition) is 8. The van der Waals surface area contributed by atoms with Gasteiger partial charge in [-0.15, -0.1) is 11.3 Å². The van der Waals surface area contributed by atoms with Gasteiger partial charge in [0.15, 0.2) is 12.3 Å². The Morgan fingerprint density at radius 2 is 2.00 bits per heavy atom. The van der Waals surface area contributed by atoms with Crippen molar-refractivity contribution in [2.24, 2.45) is 7.05 Å². The quantitative estimate of drug-likeness (QED) is 0.418. The van der Waals surface area contributed by atoms with Gasteiger partial charge >= 0.3 is 5.88 Å². The Hall–Kier alpha value is -3.97. The molecule has 4 rings (SSSR count). The van der Waals surface area contributed by atoms with Crippen LogP contribution >= 0.6 is 11.3 Å². The van der Waals surface area contributed by atoms with Gasteiger partial charge in [0.05, 0.1) is 5.69 Å². The van der Waals surface area contributed by atoms with Gasteiger partial charge in [0, 0.05) is 10.9 Å². The first-order valence-electron chi connectivity index (χ1n) is 9.46. The molecule has 1 amide bonds. The smallest absolute Gasteiger partial charge is 0.302 e. The molecule has 0 aliphatic heterocycles. The monoisotopic (exact) mass is 434 g/mol. The van der Waals surface area contributed by atoms with Crippen LogP contribution in [0.2, 0.25) is 0 Å². The molecule has 0 fully saturated rings. The van der Waals surface area contributed by atoms with Gasteiger partial charge in [-0.25, -0.2) is 4.98 Å². The molecule has 5 N–H and O–H groups in total. The van der Waals surface area contributed by atoms with Crippen molar-refractivity contribution in [3.63, 3.8) is 0 Å². The molecular weight excluding hydrogens is 414 g/mol. The number of benzene rings is 1. The minimum Gasteiger partial charge on any atom is -0.397 e. The fourth-order valence-electron chi connectivity index (χ4n) is 3.32. The molecule has 4 aromatic rings. The second-order valence-electron chi connectivity index (χ2n) is 7.35. The van der Waals surface area contributed by atoms with E-state index in [1.165, 1.54) is 16.4 Å². The molecule has 0 bridgehead atoms. The Labute approximate surface area is 181 Å². The maximum Gasteiger partial charge on any atom is 0.302 e. The van der Waals surface area contributed by atoms with E-state index in [4.69, 9.17) is 16.0 Å². The highest BCUT2D eigenvalue weighted by molar-refractivity contribution is 7.21. The number of fused-ring (bicyclic) bond motifs is 1. The Morgan fingerprint density at radius 1 is 1.29 bits per heavy atom. The topological polar surface area (TPSA) is 148 Å². The summed E-state index contributed by atoms with van der Waals surface area (Å²) in [4.78, 5) is 17.9. The zero-order valence-electron chi connectivity index (χ0n) is 17.1. The SMILES string of the molecule is CC(C)c1ccc(-c2c(C#N)c(N)nc3sc(C(=O)Nc4c[n+](C)no4)c(N)c23)cc1. The van der Waals surface area contributed by atoms with Crippen LogP contribution in [0.25, 0.3) is 21.3 Å². The van der Waals surface area contributed by atoms with Crippen molar-refractivity contribution in [1.82, 2.24) is 10.3 Å². The summed E-state index contributed by atoms with van der Waals surface area (Å²) in [6.07, 6.45) is 1.52. The number of amides is 1.